The molecule has 0 heterocycles. The zero-order valence-corrected chi connectivity index (χ0v) is 8.04. The van der Waals surface area contributed by atoms with Crippen molar-refractivity contribution in [2.75, 3.05) is 0 Å². The highest BCUT2D eigenvalue weighted by molar-refractivity contribution is 5.83. The van der Waals surface area contributed by atoms with Crippen molar-refractivity contribution in [3.05, 3.63) is 53.9 Å². The Balaban J connectivity index is 2.62. The smallest absolute Gasteiger partial charge is 0.00118 e. The van der Waals surface area contributed by atoms with Gasteiger partial charge in [-0.3, -0.25) is 0 Å². The third-order valence-electron chi connectivity index (χ3n) is 2.33. The molecule has 0 spiro atoms. The highest BCUT2D eigenvalue weighted by atomic mass is 14.0. The van der Waals surface area contributed by atoms with Crippen molar-refractivity contribution in [2.24, 2.45) is 0 Å². The molecule has 2 aromatic rings. The Hall–Kier alpha value is -1.30. The number of hydrogen-bond donors (Lipinski definition) is 0. The summed E-state index contributed by atoms with van der Waals surface area (Å²) in [5, 5.41) is 2.63. The second kappa shape index (κ2) is 3.21. The third-order valence-corrected chi connectivity index (χ3v) is 2.33. The minimum absolute atomic E-state index is 1.31. The zero-order valence-electron chi connectivity index (χ0n) is 8.04. The zero-order chi connectivity index (χ0) is 9.26. The predicted molar refractivity (Wildman–Crippen MR) is 57.6 cm³/mol. The molecule has 0 N–H and O–H groups in total. The third kappa shape index (κ3) is 1.57. The number of hydrogen-bond acceptors (Lipinski definition) is 0. The lowest BCUT2D eigenvalue weighted by Gasteiger charge is -2.05. The van der Waals surface area contributed by atoms with E-state index in [2.05, 4.69) is 56.3 Å². The quantitative estimate of drug-likeness (QED) is 0.609. The molecular weight excluding hydrogens is 156 g/mol. The van der Waals surface area contributed by atoms with Crippen LogP contribution in [0.3, 0.4) is 0 Å². The highest BCUT2D eigenvalue weighted by Gasteiger charge is 1.99. The Bertz CT molecular complexity index is 413. The Morgan fingerprint density at radius 1 is 0.846 bits per heavy atom. The predicted octanol–water partition coefficient (Wildman–Crippen LogP) is 3.80. The van der Waals surface area contributed by atoms with Crippen molar-refractivity contribution in [3.63, 3.8) is 0 Å². The molecule has 0 nitrogen and oxygen atoms in total. The van der Waals surface area contributed by atoms with Gasteiger partial charge in [-0.15, -0.1) is 0 Å². The summed E-state index contributed by atoms with van der Waals surface area (Å²) in [5.41, 5.74) is 1.33. The van der Waals surface area contributed by atoms with Gasteiger partial charge < -0.3 is 0 Å². The van der Waals surface area contributed by atoms with Crippen molar-refractivity contribution < 1.29 is 0 Å². The van der Waals surface area contributed by atoms with Crippen molar-refractivity contribution in [1.82, 2.24) is 0 Å². The van der Waals surface area contributed by atoms with Gasteiger partial charge in [0.2, 0.25) is 0 Å². The van der Waals surface area contributed by atoms with Gasteiger partial charge in [-0.1, -0.05) is 56.3 Å². The van der Waals surface area contributed by atoms with Crippen molar-refractivity contribution in [3.8, 4) is 0 Å². The maximum Gasteiger partial charge on any atom is -0.00118 e. The lowest BCUT2D eigenvalue weighted by atomic mass is 9.99. The molecule has 0 amide bonds. The molecule has 0 atom stereocenters. The van der Waals surface area contributed by atoms with E-state index in [1.54, 1.807) is 0 Å². The Morgan fingerprint density at radius 2 is 1.54 bits per heavy atom. The fraction of sp³-hybridized carbons (Fsp3) is 0.154. The summed E-state index contributed by atoms with van der Waals surface area (Å²) in [7, 11) is 0. The molecule has 1 radical (unpaired) electrons. The molecule has 2 aromatic carbocycles. The molecule has 0 heteroatoms. The van der Waals surface area contributed by atoms with Crippen LogP contribution in [0, 0.1) is 5.92 Å². The normalized spacial score (nSPS) is 11.0. The summed E-state index contributed by atoms with van der Waals surface area (Å²) in [4.78, 5) is 0. The topological polar surface area (TPSA) is 0 Å². The molecule has 0 unspecified atom stereocenters. The van der Waals surface area contributed by atoms with Gasteiger partial charge in [0, 0.05) is 0 Å². The maximum absolute atomic E-state index is 2.24. The summed E-state index contributed by atoms with van der Waals surface area (Å²) in [5.74, 6) is 1.37. The van der Waals surface area contributed by atoms with Gasteiger partial charge in [-0.25, -0.2) is 0 Å². The molecule has 0 saturated heterocycles. The Labute approximate surface area is 79.2 Å². The van der Waals surface area contributed by atoms with E-state index in [0.29, 0.717) is 0 Å². The first-order valence-electron chi connectivity index (χ1n) is 4.57. The largest absolute Gasteiger partial charge is 0.0616 e. The monoisotopic (exact) mass is 169 g/mol. The van der Waals surface area contributed by atoms with E-state index in [0.717, 1.165) is 0 Å². The summed E-state index contributed by atoms with van der Waals surface area (Å²) >= 11 is 0. The van der Waals surface area contributed by atoms with Gasteiger partial charge in [0.15, 0.2) is 0 Å². The first-order valence-corrected chi connectivity index (χ1v) is 4.57. The van der Waals surface area contributed by atoms with Crippen LogP contribution < -0.4 is 0 Å². The first kappa shape index (κ1) is 8.31. The van der Waals surface area contributed by atoms with Crippen LogP contribution in [0.5, 0.6) is 0 Å². The lowest BCUT2D eigenvalue weighted by Crippen LogP contribution is -1.86. The summed E-state index contributed by atoms with van der Waals surface area (Å²) in [6.07, 6.45) is 0. The van der Waals surface area contributed by atoms with Crippen LogP contribution >= 0.6 is 0 Å². The molecule has 0 saturated carbocycles. The van der Waals surface area contributed by atoms with E-state index in [-0.39, 0.29) is 0 Å². The Morgan fingerprint density at radius 3 is 2.23 bits per heavy atom. The molecule has 2 rings (SSSR count). The fourth-order valence-corrected chi connectivity index (χ4v) is 1.50. The van der Waals surface area contributed by atoms with E-state index in [1.165, 1.54) is 22.3 Å². The number of benzene rings is 2. The van der Waals surface area contributed by atoms with Crippen LogP contribution in [-0.2, 0) is 0 Å². The minimum atomic E-state index is 1.31. The van der Waals surface area contributed by atoms with E-state index >= 15 is 0 Å². The van der Waals surface area contributed by atoms with E-state index in [1.807, 2.05) is 0 Å². The van der Waals surface area contributed by atoms with Crippen LogP contribution in [0.25, 0.3) is 10.8 Å². The van der Waals surface area contributed by atoms with Gasteiger partial charge in [0.05, 0.1) is 0 Å². The Kier molecular flexibility index (Phi) is 2.05. The molecule has 0 aliphatic carbocycles. The van der Waals surface area contributed by atoms with Gasteiger partial charge >= 0.3 is 0 Å². The fourth-order valence-electron chi connectivity index (χ4n) is 1.50. The van der Waals surface area contributed by atoms with Crippen LogP contribution in [0.1, 0.15) is 19.4 Å². The van der Waals surface area contributed by atoms with Gasteiger partial charge in [0.1, 0.15) is 0 Å². The molecule has 0 fully saturated rings. The van der Waals surface area contributed by atoms with Gasteiger partial charge in [-0.05, 0) is 22.3 Å². The molecule has 65 valence electrons. The molecule has 0 bridgehead atoms. The summed E-state index contributed by atoms with van der Waals surface area (Å²) < 4.78 is 0. The van der Waals surface area contributed by atoms with Crippen molar-refractivity contribution in [1.29, 1.82) is 0 Å². The van der Waals surface area contributed by atoms with Crippen LogP contribution in [0.4, 0.5) is 0 Å². The second-order valence-corrected chi connectivity index (χ2v) is 3.56. The van der Waals surface area contributed by atoms with Crippen LogP contribution in [0.2, 0.25) is 0 Å². The average molecular weight is 169 g/mol. The maximum atomic E-state index is 2.24. The average Bonchev–Trinajstić information content (AvgIpc) is 2.17. The standard InChI is InChI=1S/C13H13/c1-10(2)12-8-7-11-5-3-4-6-13(11)9-12/h3-9H,1-2H3. The van der Waals surface area contributed by atoms with Gasteiger partial charge in [-0.2, -0.15) is 0 Å². The van der Waals surface area contributed by atoms with Gasteiger partial charge in [0.25, 0.3) is 0 Å². The highest BCUT2D eigenvalue weighted by Crippen LogP contribution is 2.20. The molecule has 13 heavy (non-hydrogen) atoms. The molecular formula is C13H13. The van der Waals surface area contributed by atoms with E-state index in [4.69, 9.17) is 0 Å². The SMILES string of the molecule is C[C](C)c1ccc2ccccc2c1. The second-order valence-electron chi connectivity index (χ2n) is 3.56. The number of fused-ring (bicyclic) bond motifs is 1. The summed E-state index contributed by atoms with van der Waals surface area (Å²) in [6, 6.07) is 15.0. The minimum Gasteiger partial charge on any atom is -0.0616 e. The summed E-state index contributed by atoms with van der Waals surface area (Å²) in [6.45, 7) is 4.29. The van der Waals surface area contributed by atoms with Crippen molar-refractivity contribution in [2.45, 2.75) is 13.8 Å². The van der Waals surface area contributed by atoms with E-state index in [9.17, 15) is 0 Å². The molecule has 0 aliphatic rings. The van der Waals surface area contributed by atoms with Crippen molar-refractivity contribution >= 4 is 10.8 Å². The first-order chi connectivity index (χ1) is 6.27. The lowest BCUT2D eigenvalue weighted by molar-refractivity contribution is 1.15. The van der Waals surface area contributed by atoms with Crippen LogP contribution in [0.15, 0.2) is 42.5 Å². The van der Waals surface area contributed by atoms with Crippen LogP contribution in [-0.4, -0.2) is 0 Å². The molecule has 0 aromatic heterocycles. The number of rotatable bonds is 1. The van der Waals surface area contributed by atoms with E-state index < -0.39 is 0 Å². The molecule has 0 aliphatic heterocycles.